The molecule has 0 saturated carbocycles. The summed E-state index contributed by atoms with van der Waals surface area (Å²) in [5, 5.41) is 10.7. The van der Waals surface area contributed by atoms with Crippen LogP contribution in [0.15, 0.2) is 70.7 Å². The third-order valence-corrected chi connectivity index (χ3v) is 8.01. The van der Waals surface area contributed by atoms with Crippen molar-refractivity contribution in [3.05, 3.63) is 60.7 Å². The zero-order valence-corrected chi connectivity index (χ0v) is 19.1. The Kier molecular flexibility index (Phi) is 7.23. The van der Waals surface area contributed by atoms with Crippen LogP contribution < -0.4 is 5.32 Å². The Labute approximate surface area is 191 Å². The summed E-state index contributed by atoms with van der Waals surface area (Å²) in [6, 6.07) is 18.1. The van der Waals surface area contributed by atoms with E-state index < -0.39 is 10.0 Å². The third-order valence-electron chi connectivity index (χ3n) is 5.28. The van der Waals surface area contributed by atoms with Crippen LogP contribution in [0.2, 0.25) is 0 Å². The molecule has 1 saturated heterocycles. The largest absolute Gasteiger partial charge is 0.355 e. The maximum absolute atomic E-state index is 12.9. The Morgan fingerprint density at radius 1 is 1.12 bits per heavy atom. The number of thioether (sulfide) groups is 1. The number of sulfonamides is 1. The molecule has 2 N–H and O–H groups in total. The van der Waals surface area contributed by atoms with E-state index in [4.69, 9.17) is 0 Å². The molecule has 8 nitrogen and oxygen atoms in total. The van der Waals surface area contributed by atoms with E-state index in [-0.39, 0.29) is 23.3 Å². The number of carbonyl (C=O) groups is 1. The predicted octanol–water partition coefficient (Wildman–Crippen LogP) is 2.78. The number of nitrogens with zero attached hydrogens (tertiary/aromatic N) is 3. The van der Waals surface area contributed by atoms with Gasteiger partial charge in [0.1, 0.15) is 0 Å². The first kappa shape index (κ1) is 22.5. The number of aromatic nitrogens is 3. The SMILES string of the molecule is O=C(NCCSc1n[nH]c(-c2ccccc2)n1)[C@H]1CCCN(S(=O)(=O)c2ccccc2)C1. The highest BCUT2D eigenvalue weighted by atomic mass is 32.2. The Morgan fingerprint density at radius 2 is 1.84 bits per heavy atom. The van der Waals surface area contributed by atoms with Crippen molar-refractivity contribution in [1.82, 2.24) is 24.8 Å². The van der Waals surface area contributed by atoms with Crippen LogP contribution in [0.3, 0.4) is 0 Å². The van der Waals surface area contributed by atoms with Gasteiger partial charge in [0.2, 0.25) is 21.1 Å². The number of nitrogens with one attached hydrogen (secondary N) is 2. The van der Waals surface area contributed by atoms with Gasteiger partial charge < -0.3 is 5.32 Å². The molecule has 0 radical (unpaired) electrons. The van der Waals surface area contributed by atoms with Gasteiger partial charge in [0.05, 0.1) is 10.8 Å². The van der Waals surface area contributed by atoms with Crippen LogP contribution in [-0.2, 0) is 14.8 Å². The van der Waals surface area contributed by atoms with Crippen LogP contribution in [0.4, 0.5) is 0 Å². The van der Waals surface area contributed by atoms with Crippen LogP contribution in [0, 0.1) is 5.92 Å². The average molecular weight is 472 g/mol. The predicted molar refractivity (Wildman–Crippen MR) is 123 cm³/mol. The van der Waals surface area contributed by atoms with Gasteiger partial charge in [0.15, 0.2) is 5.82 Å². The van der Waals surface area contributed by atoms with Gasteiger partial charge >= 0.3 is 0 Å². The summed E-state index contributed by atoms with van der Waals surface area (Å²) < 4.78 is 27.1. The minimum absolute atomic E-state index is 0.112. The van der Waals surface area contributed by atoms with Crippen molar-refractivity contribution in [2.75, 3.05) is 25.4 Å². The fourth-order valence-corrected chi connectivity index (χ4v) is 5.81. The molecule has 3 aromatic rings. The molecule has 1 fully saturated rings. The summed E-state index contributed by atoms with van der Waals surface area (Å²) in [5.41, 5.74) is 0.965. The molecule has 2 heterocycles. The van der Waals surface area contributed by atoms with Gasteiger partial charge in [0.25, 0.3) is 0 Å². The molecule has 2 aromatic carbocycles. The molecular weight excluding hydrogens is 446 g/mol. The van der Waals surface area contributed by atoms with Crippen molar-refractivity contribution in [2.24, 2.45) is 5.92 Å². The summed E-state index contributed by atoms with van der Waals surface area (Å²) in [7, 11) is -3.58. The molecule has 1 aliphatic rings. The number of aromatic amines is 1. The smallest absolute Gasteiger partial charge is 0.243 e. The van der Waals surface area contributed by atoms with Crippen molar-refractivity contribution >= 4 is 27.7 Å². The molecular formula is C22H25N5O3S2. The number of amides is 1. The fourth-order valence-electron chi connectivity index (χ4n) is 3.61. The molecule has 1 aromatic heterocycles. The third kappa shape index (κ3) is 5.37. The molecule has 0 bridgehead atoms. The topological polar surface area (TPSA) is 108 Å². The van der Waals surface area contributed by atoms with Crippen LogP contribution in [-0.4, -0.2) is 59.2 Å². The standard InChI is InChI=1S/C22H25N5O3S2/c28-21(18-10-7-14-27(16-18)32(29,30)19-11-5-2-6-12-19)23-13-15-31-22-24-20(25-26-22)17-8-3-1-4-9-17/h1-6,8-9,11-12,18H,7,10,13-16H2,(H,23,28)(H,24,25,26)/t18-/m0/s1. The van der Waals surface area contributed by atoms with Crippen molar-refractivity contribution < 1.29 is 13.2 Å². The molecule has 0 unspecified atom stereocenters. The van der Waals surface area contributed by atoms with E-state index in [2.05, 4.69) is 20.5 Å². The number of rotatable bonds is 8. The summed E-state index contributed by atoms with van der Waals surface area (Å²) >= 11 is 1.45. The second-order valence-electron chi connectivity index (χ2n) is 7.49. The number of carbonyl (C=O) groups excluding carboxylic acids is 1. The zero-order valence-electron chi connectivity index (χ0n) is 17.5. The normalized spacial score (nSPS) is 17.2. The minimum atomic E-state index is -3.58. The first-order valence-corrected chi connectivity index (χ1v) is 12.9. The number of hydrogen-bond acceptors (Lipinski definition) is 6. The van der Waals surface area contributed by atoms with Crippen LogP contribution in [0.5, 0.6) is 0 Å². The van der Waals surface area contributed by atoms with E-state index in [9.17, 15) is 13.2 Å². The van der Waals surface area contributed by atoms with Crippen molar-refractivity contribution in [2.45, 2.75) is 22.9 Å². The Morgan fingerprint density at radius 3 is 2.59 bits per heavy atom. The average Bonchev–Trinajstić information content (AvgIpc) is 3.32. The lowest BCUT2D eigenvalue weighted by Gasteiger charge is -2.31. The molecule has 0 aliphatic carbocycles. The van der Waals surface area contributed by atoms with Crippen molar-refractivity contribution in [3.8, 4) is 11.4 Å². The highest BCUT2D eigenvalue weighted by Gasteiger charge is 2.33. The van der Waals surface area contributed by atoms with Gasteiger partial charge in [-0.05, 0) is 25.0 Å². The zero-order chi connectivity index (χ0) is 22.4. The number of H-pyrrole nitrogens is 1. The van der Waals surface area contributed by atoms with Gasteiger partial charge in [-0.25, -0.2) is 13.4 Å². The molecule has 32 heavy (non-hydrogen) atoms. The minimum Gasteiger partial charge on any atom is -0.355 e. The van der Waals surface area contributed by atoms with E-state index in [0.717, 1.165) is 5.56 Å². The summed E-state index contributed by atoms with van der Waals surface area (Å²) in [6.07, 6.45) is 1.35. The Balaban J connectivity index is 1.25. The second-order valence-corrected chi connectivity index (χ2v) is 10.5. The van der Waals surface area contributed by atoms with Crippen LogP contribution >= 0.6 is 11.8 Å². The lowest BCUT2D eigenvalue weighted by Crippen LogP contribution is -2.45. The molecule has 0 spiro atoms. The van der Waals surface area contributed by atoms with Gasteiger partial charge in [-0.15, -0.1) is 5.10 Å². The highest BCUT2D eigenvalue weighted by molar-refractivity contribution is 7.99. The van der Waals surface area contributed by atoms with E-state index in [1.54, 1.807) is 30.3 Å². The molecule has 4 rings (SSSR count). The summed E-state index contributed by atoms with van der Waals surface area (Å²) in [6.45, 7) is 1.10. The highest BCUT2D eigenvalue weighted by Crippen LogP contribution is 2.24. The Hall–Kier alpha value is -2.69. The Bertz CT molecular complexity index is 1140. The van der Waals surface area contributed by atoms with E-state index in [1.807, 2.05) is 30.3 Å². The van der Waals surface area contributed by atoms with Gasteiger partial charge in [0, 0.05) is 31.0 Å². The van der Waals surface area contributed by atoms with Crippen LogP contribution in [0.25, 0.3) is 11.4 Å². The number of hydrogen-bond donors (Lipinski definition) is 2. The van der Waals surface area contributed by atoms with E-state index >= 15 is 0 Å². The molecule has 1 atom stereocenters. The first-order valence-electron chi connectivity index (χ1n) is 10.5. The molecule has 1 amide bonds. The van der Waals surface area contributed by atoms with E-state index in [1.165, 1.54) is 16.1 Å². The maximum atomic E-state index is 12.9. The molecule has 10 heteroatoms. The van der Waals surface area contributed by atoms with Gasteiger partial charge in [-0.1, -0.05) is 60.3 Å². The van der Waals surface area contributed by atoms with E-state index in [0.29, 0.717) is 42.7 Å². The van der Waals surface area contributed by atoms with Crippen molar-refractivity contribution in [1.29, 1.82) is 0 Å². The number of piperidine rings is 1. The monoisotopic (exact) mass is 471 g/mol. The molecule has 1 aliphatic heterocycles. The molecule has 168 valence electrons. The summed E-state index contributed by atoms with van der Waals surface area (Å²) in [4.78, 5) is 17.4. The second kappa shape index (κ2) is 10.3. The summed E-state index contributed by atoms with van der Waals surface area (Å²) in [5.74, 6) is 0.870. The maximum Gasteiger partial charge on any atom is 0.243 e. The fraction of sp³-hybridized carbons (Fsp3) is 0.318. The first-order chi connectivity index (χ1) is 15.5. The lowest BCUT2D eigenvalue weighted by atomic mass is 9.99. The lowest BCUT2D eigenvalue weighted by molar-refractivity contribution is -0.125. The van der Waals surface area contributed by atoms with Gasteiger partial charge in [-0.3, -0.25) is 9.89 Å². The van der Waals surface area contributed by atoms with Gasteiger partial charge in [-0.2, -0.15) is 4.31 Å². The quantitative estimate of drug-likeness (QED) is 0.386. The number of benzene rings is 2. The van der Waals surface area contributed by atoms with Crippen molar-refractivity contribution in [3.63, 3.8) is 0 Å². The van der Waals surface area contributed by atoms with Crippen LogP contribution in [0.1, 0.15) is 12.8 Å².